The van der Waals surface area contributed by atoms with Crippen LogP contribution < -0.4 is 16.2 Å². The van der Waals surface area contributed by atoms with Crippen molar-refractivity contribution in [1.29, 1.82) is 0 Å². The lowest BCUT2D eigenvalue weighted by atomic mass is 10.3. The van der Waals surface area contributed by atoms with Gasteiger partial charge in [-0.25, -0.2) is 0 Å². The van der Waals surface area contributed by atoms with Gasteiger partial charge in [-0.1, -0.05) is 0 Å². The van der Waals surface area contributed by atoms with Gasteiger partial charge in [-0.15, -0.1) is 0 Å². The molecule has 0 amide bonds. The Labute approximate surface area is 88.0 Å². The topological polar surface area (TPSA) is 89.9 Å². The maximum atomic E-state index is 5.43. The third kappa shape index (κ3) is 4.04. The van der Waals surface area contributed by atoms with Gasteiger partial charge < -0.3 is 16.2 Å². The van der Waals surface area contributed by atoms with Crippen molar-refractivity contribution in [2.75, 3.05) is 18.6 Å². The van der Waals surface area contributed by atoms with E-state index >= 15 is 0 Å². The molecule has 5 heteroatoms. The smallest absolute Gasteiger partial charge is 0.119 e. The summed E-state index contributed by atoms with van der Waals surface area (Å²) in [6.45, 7) is 0. The number of anilines is 2. The van der Waals surface area contributed by atoms with Crippen molar-refractivity contribution in [3.63, 3.8) is 0 Å². The van der Waals surface area contributed by atoms with Gasteiger partial charge in [0, 0.05) is 11.9 Å². The molecule has 5 nitrogen and oxygen atoms in total. The number of nitrogens with zero attached hydrogens (tertiary/aromatic N) is 1. The monoisotopic (exact) mass is 206 g/mol. The number of H-pyrrole nitrogens is 1. The largest absolute Gasteiger partial charge is 0.497 e. The Bertz CT molecular complexity index is 369. The predicted molar refractivity (Wildman–Crippen MR) is 60.4 cm³/mol. The number of benzene rings is 1. The zero-order chi connectivity index (χ0) is 11.1. The van der Waals surface area contributed by atoms with Crippen LogP contribution in [0.15, 0.2) is 36.7 Å². The number of nitrogens with two attached hydrogens (primary N) is 2. The summed E-state index contributed by atoms with van der Waals surface area (Å²) in [5, 5.41) is 6.13. The Morgan fingerprint density at radius 2 is 1.80 bits per heavy atom. The second-order valence-corrected chi connectivity index (χ2v) is 2.80. The summed E-state index contributed by atoms with van der Waals surface area (Å²) in [6.07, 6.45) is 3.18. The quantitative estimate of drug-likeness (QED) is 0.613. The standard InChI is InChI=1S/C7H9NO.C3H5N3/c1-9-7-4-2-6(8)3-5-7;4-3-1-5-6-2-3/h2-5H,8H2,1H3;1-2H,4H2,(H,5,6). The van der Waals surface area contributed by atoms with Gasteiger partial charge in [-0.05, 0) is 24.3 Å². The fourth-order valence-corrected chi connectivity index (χ4v) is 0.865. The van der Waals surface area contributed by atoms with Crippen LogP contribution in [0.2, 0.25) is 0 Å². The molecule has 15 heavy (non-hydrogen) atoms. The van der Waals surface area contributed by atoms with Crippen molar-refractivity contribution in [2.24, 2.45) is 0 Å². The van der Waals surface area contributed by atoms with E-state index in [0.717, 1.165) is 11.4 Å². The van der Waals surface area contributed by atoms with Gasteiger partial charge in [0.25, 0.3) is 0 Å². The van der Waals surface area contributed by atoms with Crippen LogP contribution in [-0.2, 0) is 0 Å². The number of hydrogen-bond acceptors (Lipinski definition) is 4. The lowest BCUT2D eigenvalue weighted by molar-refractivity contribution is 0.415. The highest BCUT2D eigenvalue weighted by Gasteiger charge is 1.86. The molecular weight excluding hydrogens is 192 g/mol. The van der Waals surface area contributed by atoms with Crippen LogP contribution in [0.1, 0.15) is 0 Å². The molecule has 0 aliphatic carbocycles. The number of hydrogen-bond donors (Lipinski definition) is 3. The highest BCUT2D eigenvalue weighted by Crippen LogP contribution is 2.11. The summed E-state index contributed by atoms with van der Waals surface area (Å²) in [5.41, 5.74) is 12.0. The minimum absolute atomic E-state index is 0.676. The van der Waals surface area contributed by atoms with Crippen molar-refractivity contribution < 1.29 is 4.74 Å². The second-order valence-electron chi connectivity index (χ2n) is 2.80. The molecule has 0 bridgehead atoms. The molecule has 5 N–H and O–H groups in total. The molecule has 0 unspecified atom stereocenters. The number of nitrogens with one attached hydrogen (secondary N) is 1. The van der Waals surface area contributed by atoms with E-state index in [1.54, 1.807) is 31.6 Å². The molecule has 1 heterocycles. The molecule has 0 aliphatic heterocycles. The van der Waals surface area contributed by atoms with Gasteiger partial charge in [0.15, 0.2) is 0 Å². The summed E-state index contributed by atoms with van der Waals surface area (Å²) in [7, 11) is 1.63. The Hall–Kier alpha value is -2.17. The van der Waals surface area contributed by atoms with Crippen molar-refractivity contribution in [3.8, 4) is 5.75 Å². The Morgan fingerprint density at radius 1 is 1.13 bits per heavy atom. The second kappa shape index (κ2) is 5.54. The Kier molecular flexibility index (Phi) is 4.03. The van der Waals surface area contributed by atoms with Gasteiger partial charge in [0.1, 0.15) is 5.75 Å². The lowest BCUT2D eigenvalue weighted by Gasteiger charge is -1.97. The number of rotatable bonds is 1. The molecule has 2 rings (SSSR count). The summed E-state index contributed by atoms with van der Waals surface area (Å²) < 4.78 is 4.91. The molecule has 0 fully saturated rings. The fraction of sp³-hybridized carbons (Fsp3) is 0.100. The van der Waals surface area contributed by atoms with E-state index in [2.05, 4.69) is 10.2 Å². The minimum atomic E-state index is 0.676. The average Bonchev–Trinajstić information content (AvgIpc) is 2.71. The molecule has 1 aromatic heterocycles. The van der Waals surface area contributed by atoms with E-state index in [9.17, 15) is 0 Å². The normalized spacial score (nSPS) is 8.87. The van der Waals surface area contributed by atoms with Gasteiger partial charge in [-0.2, -0.15) is 5.10 Å². The maximum Gasteiger partial charge on any atom is 0.119 e. The first kappa shape index (κ1) is 10.9. The van der Waals surface area contributed by atoms with E-state index in [1.807, 2.05) is 12.1 Å². The minimum Gasteiger partial charge on any atom is -0.497 e. The molecule has 0 saturated heterocycles. The molecule has 0 radical (unpaired) electrons. The zero-order valence-corrected chi connectivity index (χ0v) is 8.47. The SMILES string of the molecule is COc1ccc(N)cc1.Nc1cn[nH]c1. The molecule has 0 aliphatic rings. The summed E-state index contributed by atoms with van der Waals surface area (Å²) in [6, 6.07) is 7.27. The van der Waals surface area contributed by atoms with E-state index in [1.165, 1.54) is 0 Å². The van der Waals surface area contributed by atoms with Gasteiger partial charge in [0.2, 0.25) is 0 Å². The fourth-order valence-electron chi connectivity index (χ4n) is 0.865. The van der Waals surface area contributed by atoms with Crippen LogP contribution in [0.3, 0.4) is 0 Å². The van der Waals surface area contributed by atoms with Crippen LogP contribution in [0, 0.1) is 0 Å². The van der Waals surface area contributed by atoms with Crippen LogP contribution >= 0.6 is 0 Å². The number of methoxy groups -OCH3 is 1. The maximum absolute atomic E-state index is 5.43. The summed E-state index contributed by atoms with van der Waals surface area (Å²) in [5.74, 6) is 0.837. The van der Waals surface area contributed by atoms with Gasteiger partial charge >= 0.3 is 0 Å². The number of aromatic nitrogens is 2. The van der Waals surface area contributed by atoms with Crippen LogP contribution in [0.25, 0.3) is 0 Å². The van der Waals surface area contributed by atoms with Crippen LogP contribution in [0.5, 0.6) is 5.75 Å². The van der Waals surface area contributed by atoms with E-state index in [-0.39, 0.29) is 0 Å². The molecule has 0 saturated carbocycles. The predicted octanol–water partition coefficient (Wildman–Crippen LogP) is 1.27. The molecule has 0 atom stereocenters. The third-order valence-corrected chi connectivity index (χ3v) is 1.64. The Balaban J connectivity index is 0.000000162. The molecule has 1 aromatic carbocycles. The van der Waals surface area contributed by atoms with Crippen LogP contribution in [0.4, 0.5) is 11.4 Å². The van der Waals surface area contributed by atoms with E-state index in [4.69, 9.17) is 16.2 Å². The molecule has 80 valence electrons. The lowest BCUT2D eigenvalue weighted by Crippen LogP contribution is -1.84. The average molecular weight is 206 g/mol. The van der Waals surface area contributed by atoms with Gasteiger partial charge in [-0.3, -0.25) is 5.10 Å². The van der Waals surface area contributed by atoms with Gasteiger partial charge in [0.05, 0.1) is 19.0 Å². The number of nitrogen functional groups attached to an aromatic ring is 2. The summed E-state index contributed by atoms with van der Waals surface area (Å²) in [4.78, 5) is 0. The molecule has 2 aromatic rings. The zero-order valence-electron chi connectivity index (χ0n) is 8.47. The first-order valence-electron chi connectivity index (χ1n) is 4.36. The summed E-state index contributed by atoms with van der Waals surface area (Å²) >= 11 is 0. The number of aromatic amines is 1. The van der Waals surface area contributed by atoms with Crippen molar-refractivity contribution in [3.05, 3.63) is 36.7 Å². The van der Waals surface area contributed by atoms with E-state index in [0.29, 0.717) is 5.69 Å². The first-order valence-corrected chi connectivity index (χ1v) is 4.36. The Morgan fingerprint density at radius 3 is 2.13 bits per heavy atom. The van der Waals surface area contributed by atoms with Crippen molar-refractivity contribution in [2.45, 2.75) is 0 Å². The van der Waals surface area contributed by atoms with Crippen molar-refractivity contribution >= 4 is 11.4 Å². The third-order valence-electron chi connectivity index (χ3n) is 1.64. The number of ether oxygens (including phenoxy) is 1. The molecule has 0 spiro atoms. The highest BCUT2D eigenvalue weighted by atomic mass is 16.5. The highest BCUT2D eigenvalue weighted by molar-refractivity contribution is 5.41. The van der Waals surface area contributed by atoms with Crippen LogP contribution in [-0.4, -0.2) is 17.3 Å². The molecular formula is C10H14N4O. The van der Waals surface area contributed by atoms with E-state index < -0.39 is 0 Å². The first-order chi connectivity index (χ1) is 7.22. The van der Waals surface area contributed by atoms with Crippen molar-refractivity contribution in [1.82, 2.24) is 10.2 Å².